The second-order valence-electron chi connectivity index (χ2n) is 7.10. The van der Waals surface area contributed by atoms with Crippen LogP contribution in [0, 0.1) is 17.1 Å². The zero-order valence-electron chi connectivity index (χ0n) is 17.2. The fourth-order valence-corrected chi connectivity index (χ4v) is 3.01. The number of nitrogens with zero attached hydrogens (tertiary/aromatic N) is 4. The molecule has 0 saturated carbocycles. The smallest absolute Gasteiger partial charge is 0.236 e. The highest BCUT2D eigenvalue weighted by atomic mass is 127. The van der Waals surface area contributed by atoms with Crippen molar-refractivity contribution < 1.29 is 9.18 Å². The van der Waals surface area contributed by atoms with Crippen molar-refractivity contribution in [3.8, 4) is 6.07 Å². The molecule has 1 fully saturated rings. The number of hydrogen-bond acceptors (Lipinski definition) is 4. The Morgan fingerprint density at radius 2 is 2.07 bits per heavy atom. The Hall–Kier alpha value is -1.93. The Bertz CT molecular complexity index is 741. The monoisotopic (exact) mass is 516 g/mol. The van der Waals surface area contributed by atoms with E-state index in [1.165, 1.54) is 18.2 Å². The molecule has 0 bridgehead atoms. The molecule has 160 valence electrons. The predicted octanol–water partition coefficient (Wildman–Crippen LogP) is 1.92. The fourth-order valence-electron chi connectivity index (χ4n) is 3.01. The molecule has 0 atom stereocenters. The van der Waals surface area contributed by atoms with Crippen molar-refractivity contribution in [1.82, 2.24) is 20.4 Å². The van der Waals surface area contributed by atoms with Crippen molar-refractivity contribution in [2.24, 2.45) is 4.99 Å². The van der Waals surface area contributed by atoms with Crippen LogP contribution in [0.15, 0.2) is 23.2 Å². The van der Waals surface area contributed by atoms with Crippen molar-refractivity contribution in [2.75, 3.05) is 40.3 Å². The van der Waals surface area contributed by atoms with E-state index >= 15 is 0 Å². The molecule has 29 heavy (non-hydrogen) atoms. The first-order chi connectivity index (χ1) is 13.4. The van der Waals surface area contributed by atoms with Gasteiger partial charge in [0.1, 0.15) is 5.82 Å². The lowest BCUT2D eigenvalue weighted by atomic mass is 10.1. The topological polar surface area (TPSA) is 83.8 Å². The summed E-state index contributed by atoms with van der Waals surface area (Å²) in [6, 6.07) is 6.56. The standard InChI is InChI=1S/C20H29FN6O.HI/c1-4-23-20(24-13-16-11-15(12-22)5-6-18(16)21)25-17-7-9-27(10-8-17)14-19(28)26(2)3;/h5-6,11,17H,4,7-10,13-14H2,1-3H3,(H2,23,24,25);1H. The van der Waals surface area contributed by atoms with Crippen molar-refractivity contribution in [3.05, 3.63) is 35.1 Å². The van der Waals surface area contributed by atoms with Gasteiger partial charge in [-0.3, -0.25) is 9.69 Å². The third-order valence-electron chi connectivity index (χ3n) is 4.71. The number of hydrogen-bond donors (Lipinski definition) is 2. The third kappa shape index (κ3) is 8.14. The van der Waals surface area contributed by atoms with Gasteiger partial charge in [-0.05, 0) is 38.0 Å². The molecule has 1 saturated heterocycles. The van der Waals surface area contributed by atoms with Crippen LogP contribution in [-0.4, -0.2) is 68.0 Å². The second-order valence-corrected chi connectivity index (χ2v) is 7.10. The first-order valence-corrected chi connectivity index (χ1v) is 9.58. The molecule has 2 rings (SSSR count). The molecule has 0 aliphatic carbocycles. The van der Waals surface area contributed by atoms with E-state index < -0.39 is 0 Å². The first kappa shape index (κ1) is 25.1. The van der Waals surface area contributed by atoms with Crippen molar-refractivity contribution >= 4 is 35.8 Å². The zero-order valence-corrected chi connectivity index (χ0v) is 19.6. The van der Waals surface area contributed by atoms with E-state index in [0.29, 0.717) is 30.2 Å². The number of carbonyl (C=O) groups excluding carboxylic acids is 1. The minimum absolute atomic E-state index is 0. The molecule has 1 aromatic rings. The van der Waals surface area contributed by atoms with Crippen molar-refractivity contribution in [3.63, 3.8) is 0 Å². The first-order valence-electron chi connectivity index (χ1n) is 9.58. The molecule has 0 spiro atoms. The lowest BCUT2D eigenvalue weighted by Gasteiger charge is -2.33. The maximum Gasteiger partial charge on any atom is 0.236 e. The predicted molar refractivity (Wildman–Crippen MR) is 123 cm³/mol. The lowest BCUT2D eigenvalue weighted by molar-refractivity contribution is -0.130. The summed E-state index contributed by atoms with van der Waals surface area (Å²) >= 11 is 0. The van der Waals surface area contributed by atoms with E-state index in [2.05, 4.69) is 20.5 Å². The molecule has 1 heterocycles. The minimum Gasteiger partial charge on any atom is -0.357 e. The normalized spacial score (nSPS) is 15.2. The zero-order chi connectivity index (χ0) is 20.5. The van der Waals surface area contributed by atoms with E-state index in [4.69, 9.17) is 5.26 Å². The summed E-state index contributed by atoms with van der Waals surface area (Å²) < 4.78 is 13.9. The summed E-state index contributed by atoms with van der Waals surface area (Å²) in [6.07, 6.45) is 1.81. The summed E-state index contributed by atoms with van der Waals surface area (Å²) in [5, 5.41) is 15.6. The maximum absolute atomic E-state index is 13.9. The number of rotatable bonds is 6. The van der Waals surface area contributed by atoms with E-state index in [9.17, 15) is 9.18 Å². The Labute approximate surface area is 189 Å². The van der Waals surface area contributed by atoms with Crippen LogP contribution in [0.25, 0.3) is 0 Å². The number of guanidine groups is 1. The number of likely N-dealkylation sites (N-methyl/N-ethyl adjacent to an activating group) is 1. The molecule has 0 radical (unpaired) electrons. The average Bonchev–Trinajstić information content (AvgIpc) is 2.68. The summed E-state index contributed by atoms with van der Waals surface area (Å²) in [7, 11) is 3.54. The van der Waals surface area contributed by atoms with Crippen molar-refractivity contribution in [1.29, 1.82) is 5.26 Å². The Morgan fingerprint density at radius 1 is 1.38 bits per heavy atom. The van der Waals surface area contributed by atoms with Crippen LogP contribution < -0.4 is 10.6 Å². The van der Waals surface area contributed by atoms with Gasteiger partial charge in [0.05, 0.1) is 24.7 Å². The van der Waals surface area contributed by atoms with Gasteiger partial charge in [-0.25, -0.2) is 9.38 Å². The number of benzene rings is 1. The molecule has 7 nitrogen and oxygen atoms in total. The van der Waals surface area contributed by atoms with Crippen molar-refractivity contribution in [2.45, 2.75) is 32.4 Å². The molecule has 2 N–H and O–H groups in total. The number of likely N-dealkylation sites (tertiary alicyclic amines) is 1. The summed E-state index contributed by atoms with van der Waals surface area (Å²) in [5.41, 5.74) is 0.817. The van der Waals surface area contributed by atoms with Crippen LogP contribution >= 0.6 is 24.0 Å². The summed E-state index contributed by atoms with van der Waals surface area (Å²) in [6.45, 7) is 4.96. The van der Waals surface area contributed by atoms with Gasteiger partial charge >= 0.3 is 0 Å². The summed E-state index contributed by atoms with van der Waals surface area (Å²) in [4.78, 5) is 20.1. The Morgan fingerprint density at radius 3 is 2.66 bits per heavy atom. The van der Waals surface area contributed by atoms with E-state index in [1.807, 2.05) is 13.0 Å². The van der Waals surface area contributed by atoms with Gasteiger partial charge < -0.3 is 15.5 Å². The van der Waals surface area contributed by atoms with E-state index in [-0.39, 0.29) is 48.3 Å². The molecular weight excluding hydrogens is 486 g/mol. The largest absolute Gasteiger partial charge is 0.357 e. The second kappa shape index (κ2) is 12.6. The number of aliphatic imine (C=N–C) groups is 1. The lowest BCUT2D eigenvalue weighted by Crippen LogP contribution is -2.50. The molecule has 9 heteroatoms. The number of halogens is 2. The van der Waals surface area contributed by atoms with Crippen LogP contribution in [0.1, 0.15) is 30.9 Å². The summed E-state index contributed by atoms with van der Waals surface area (Å²) in [5.74, 6) is 0.382. The molecule has 0 unspecified atom stereocenters. The van der Waals surface area contributed by atoms with Gasteiger partial charge in [0.15, 0.2) is 5.96 Å². The van der Waals surface area contributed by atoms with Gasteiger partial charge in [0.2, 0.25) is 5.91 Å². The molecule has 1 aliphatic heterocycles. The highest BCUT2D eigenvalue weighted by molar-refractivity contribution is 14.0. The molecule has 1 aromatic carbocycles. The van der Waals surface area contributed by atoms with Crippen LogP contribution in [-0.2, 0) is 11.3 Å². The highest BCUT2D eigenvalue weighted by Crippen LogP contribution is 2.12. The van der Waals surface area contributed by atoms with Crippen LogP contribution in [0.5, 0.6) is 0 Å². The number of carbonyl (C=O) groups is 1. The number of nitriles is 1. The number of piperidine rings is 1. The molecule has 0 aromatic heterocycles. The molecular formula is C20H30FIN6O. The van der Waals surface area contributed by atoms with Gasteiger partial charge in [0, 0.05) is 45.3 Å². The fraction of sp³-hybridized carbons (Fsp3) is 0.550. The van der Waals surface area contributed by atoms with Crippen LogP contribution in [0.4, 0.5) is 4.39 Å². The minimum atomic E-state index is -0.363. The molecule has 1 aliphatic rings. The van der Waals surface area contributed by atoms with Gasteiger partial charge in [-0.15, -0.1) is 24.0 Å². The third-order valence-corrected chi connectivity index (χ3v) is 4.71. The van der Waals surface area contributed by atoms with Crippen LogP contribution in [0.2, 0.25) is 0 Å². The van der Waals surface area contributed by atoms with Crippen LogP contribution in [0.3, 0.4) is 0 Å². The quantitative estimate of drug-likeness (QED) is 0.343. The highest BCUT2D eigenvalue weighted by Gasteiger charge is 2.22. The average molecular weight is 516 g/mol. The van der Waals surface area contributed by atoms with Gasteiger partial charge in [0.25, 0.3) is 0 Å². The molecule has 1 amide bonds. The van der Waals surface area contributed by atoms with Gasteiger partial charge in [-0.2, -0.15) is 5.26 Å². The SMILES string of the molecule is CCNC(=NCc1cc(C#N)ccc1F)NC1CCN(CC(=O)N(C)C)CC1.I. The maximum atomic E-state index is 13.9. The van der Waals surface area contributed by atoms with E-state index in [0.717, 1.165) is 25.9 Å². The Kier molecular flexibility index (Phi) is 10.9. The van der Waals surface area contributed by atoms with E-state index in [1.54, 1.807) is 19.0 Å². The number of nitrogens with one attached hydrogen (secondary N) is 2. The Balaban J connectivity index is 0.00000420. The van der Waals surface area contributed by atoms with Gasteiger partial charge in [-0.1, -0.05) is 0 Å². The number of amides is 1.